The Morgan fingerprint density at radius 3 is 2.89 bits per heavy atom. The van der Waals surface area contributed by atoms with Gasteiger partial charge in [-0.2, -0.15) is 0 Å². The quantitative estimate of drug-likeness (QED) is 0.852. The smallest absolute Gasteiger partial charge is 0.228 e. The van der Waals surface area contributed by atoms with Gasteiger partial charge in [0.05, 0.1) is 0 Å². The molecule has 6 nitrogen and oxygen atoms in total. The van der Waals surface area contributed by atoms with Crippen molar-refractivity contribution in [1.29, 1.82) is 0 Å². The second-order valence-electron chi connectivity index (χ2n) is 4.78. The SMILES string of the molecule is Cn1cnnc1-c1cccc(N2CC(N)CC2=O)c1. The van der Waals surface area contributed by atoms with Crippen LogP contribution < -0.4 is 10.6 Å². The van der Waals surface area contributed by atoms with Gasteiger partial charge in [-0.15, -0.1) is 10.2 Å². The number of benzene rings is 1. The highest BCUT2D eigenvalue weighted by atomic mass is 16.2. The number of carbonyl (C=O) groups is 1. The van der Waals surface area contributed by atoms with Crippen LogP contribution in [-0.4, -0.2) is 33.3 Å². The lowest BCUT2D eigenvalue weighted by molar-refractivity contribution is -0.117. The van der Waals surface area contributed by atoms with Crippen molar-refractivity contribution in [1.82, 2.24) is 14.8 Å². The van der Waals surface area contributed by atoms with Crippen molar-refractivity contribution in [2.75, 3.05) is 11.4 Å². The number of amides is 1. The summed E-state index contributed by atoms with van der Waals surface area (Å²) >= 11 is 0. The molecule has 1 aromatic heterocycles. The van der Waals surface area contributed by atoms with Crippen LogP contribution in [0.1, 0.15) is 6.42 Å². The lowest BCUT2D eigenvalue weighted by Gasteiger charge is -2.16. The third-order valence-corrected chi connectivity index (χ3v) is 3.28. The molecule has 6 heteroatoms. The van der Waals surface area contributed by atoms with Gasteiger partial charge in [0.25, 0.3) is 0 Å². The van der Waals surface area contributed by atoms with Crippen molar-refractivity contribution >= 4 is 11.6 Å². The lowest BCUT2D eigenvalue weighted by atomic mass is 10.2. The van der Waals surface area contributed by atoms with Crippen LogP contribution >= 0.6 is 0 Å². The Bertz CT molecular complexity index is 621. The highest BCUT2D eigenvalue weighted by Gasteiger charge is 2.28. The van der Waals surface area contributed by atoms with E-state index in [9.17, 15) is 4.79 Å². The summed E-state index contributed by atoms with van der Waals surface area (Å²) in [4.78, 5) is 13.6. The fraction of sp³-hybridized carbons (Fsp3) is 0.308. The van der Waals surface area contributed by atoms with Gasteiger partial charge in [-0.1, -0.05) is 12.1 Å². The van der Waals surface area contributed by atoms with Gasteiger partial charge in [-0.25, -0.2) is 0 Å². The number of rotatable bonds is 2. The summed E-state index contributed by atoms with van der Waals surface area (Å²) < 4.78 is 1.84. The minimum Gasteiger partial charge on any atom is -0.326 e. The molecule has 0 bridgehead atoms. The Balaban J connectivity index is 1.97. The van der Waals surface area contributed by atoms with E-state index in [2.05, 4.69) is 10.2 Å². The fourth-order valence-electron chi connectivity index (χ4n) is 2.34. The van der Waals surface area contributed by atoms with Crippen LogP contribution in [0.25, 0.3) is 11.4 Å². The van der Waals surface area contributed by atoms with Gasteiger partial charge in [0.1, 0.15) is 6.33 Å². The summed E-state index contributed by atoms with van der Waals surface area (Å²) in [7, 11) is 1.89. The van der Waals surface area contributed by atoms with Gasteiger partial charge in [0.2, 0.25) is 5.91 Å². The van der Waals surface area contributed by atoms with E-state index in [-0.39, 0.29) is 11.9 Å². The summed E-state index contributed by atoms with van der Waals surface area (Å²) in [6.07, 6.45) is 2.06. The van der Waals surface area contributed by atoms with Crippen LogP contribution in [0, 0.1) is 0 Å². The van der Waals surface area contributed by atoms with E-state index in [1.807, 2.05) is 35.9 Å². The third kappa shape index (κ3) is 2.10. The molecule has 1 fully saturated rings. The molecule has 1 aromatic carbocycles. The predicted molar refractivity (Wildman–Crippen MR) is 71.4 cm³/mol. The van der Waals surface area contributed by atoms with E-state index < -0.39 is 0 Å². The molecule has 0 radical (unpaired) electrons. The Kier molecular flexibility index (Phi) is 2.79. The molecule has 2 N–H and O–H groups in total. The van der Waals surface area contributed by atoms with Crippen LogP contribution in [-0.2, 0) is 11.8 Å². The molecule has 0 aliphatic carbocycles. The number of anilines is 1. The Hall–Kier alpha value is -2.21. The molecule has 0 saturated carbocycles. The van der Waals surface area contributed by atoms with Crippen molar-refractivity contribution in [2.45, 2.75) is 12.5 Å². The number of hydrogen-bond donors (Lipinski definition) is 1. The molecule has 19 heavy (non-hydrogen) atoms. The number of hydrogen-bond acceptors (Lipinski definition) is 4. The third-order valence-electron chi connectivity index (χ3n) is 3.28. The topological polar surface area (TPSA) is 77.0 Å². The predicted octanol–water partition coefficient (Wildman–Crippen LogP) is 0.546. The van der Waals surface area contributed by atoms with Crippen molar-refractivity contribution in [3.8, 4) is 11.4 Å². The number of nitrogens with zero attached hydrogens (tertiary/aromatic N) is 4. The van der Waals surface area contributed by atoms with Gasteiger partial charge in [-0.05, 0) is 12.1 Å². The molecule has 1 aliphatic heterocycles. The Morgan fingerprint density at radius 2 is 2.26 bits per heavy atom. The summed E-state index contributed by atoms with van der Waals surface area (Å²) in [6, 6.07) is 7.64. The maximum atomic E-state index is 11.9. The molecule has 1 aliphatic rings. The van der Waals surface area contributed by atoms with Gasteiger partial charge >= 0.3 is 0 Å². The second-order valence-corrected chi connectivity index (χ2v) is 4.78. The molecule has 1 saturated heterocycles. The van der Waals surface area contributed by atoms with Gasteiger partial charge in [0, 0.05) is 37.3 Å². The molecular weight excluding hydrogens is 242 g/mol. The first-order valence-electron chi connectivity index (χ1n) is 6.15. The molecule has 0 spiro atoms. The van der Waals surface area contributed by atoms with E-state index in [0.29, 0.717) is 13.0 Å². The molecule has 2 heterocycles. The Morgan fingerprint density at radius 1 is 1.42 bits per heavy atom. The van der Waals surface area contributed by atoms with Gasteiger partial charge < -0.3 is 15.2 Å². The zero-order valence-electron chi connectivity index (χ0n) is 10.7. The normalized spacial score (nSPS) is 19.2. The average Bonchev–Trinajstić information content (AvgIpc) is 2.95. The van der Waals surface area contributed by atoms with Crippen LogP contribution in [0.2, 0.25) is 0 Å². The summed E-state index contributed by atoms with van der Waals surface area (Å²) in [5.41, 5.74) is 7.62. The zero-order valence-corrected chi connectivity index (χ0v) is 10.7. The number of aryl methyl sites for hydroxylation is 1. The van der Waals surface area contributed by atoms with E-state index in [1.165, 1.54) is 0 Å². The minimum absolute atomic E-state index is 0.0719. The molecule has 1 unspecified atom stereocenters. The first-order chi connectivity index (χ1) is 9.15. The molecular formula is C13H15N5O. The number of nitrogens with two attached hydrogens (primary N) is 1. The summed E-state index contributed by atoms with van der Waals surface area (Å²) in [5.74, 6) is 0.848. The highest BCUT2D eigenvalue weighted by Crippen LogP contribution is 2.25. The highest BCUT2D eigenvalue weighted by molar-refractivity contribution is 5.96. The zero-order chi connectivity index (χ0) is 13.4. The Labute approximate surface area is 110 Å². The summed E-state index contributed by atoms with van der Waals surface area (Å²) in [5, 5.41) is 7.94. The number of carbonyl (C=O) groups excluding carboxylic acids is 1. The van der Waals surface area contributed by atoms with Crippen molar-refractivity contribution in [3.63, 3.8) is 0 Å². The van der Waals surface area contributed by atoms with E-state index in [4.69, 9.17) is 5.73 Å². The van der Waals surface area contributed by atoms with Crippen LogP contribution in [0.5, 0.6) is 0 Å². The molecule has 2 aromatic rings. The lowest BCUT2D eigenvalue weighted by Crippen LogP contribution is -2.27. The van der Waals surface area contributed by atoms with Crippen LogP contribution in [0.3, 0.4) is 0 Å². The fourth-order valence-corrected chi connectivity index (χ4v) is 2.34. The standard InChI is InChI=1S/C13H15N5O/c1-17-8-15-16-13(17)9-3-2-4-11(5-9)18-7-10(14)6-12(18)19/h2-5,8,10H,6-7,14H2,1H3. The molecule has 3 rings (SSSR count). The monoisotopic (exact) mass is 257 g/mol. The molecule has 1 atom stereocenters. The van der Waals surface area contributed by atoms with Gasteiger partial charge in [-0.3, -0.25) is 4.79 Å². The molecule has 98 valence electrons. The van der Waals surface area contributed by atoms with E-state index in [1.54, 1.807) is 11.2 Å². The first-order valence-corrected chi connectivity index (χ1v) is 6.15. The minimum atomic E-state index is -0.0778. The van der Waals surface area contributed by atoms with Crippen molar-refractivity contribution in [3.05, 3.63) is 30.6 Å². The number of aromatic nitrogens is 3. The largest absolute Gasteiger partial charge is 0.326 e. The average molecular weight is 257 g/mol. The van der Waals surface area contributed by atoms with Gasteiger partial charge in [0.15, 0.2) is 5.82 Å². The maximum absolute atomic E-state index is 11.9. The van der Waals surface area contributed by atoms with Crippen LogP contribution in [0.4, 0.5) is 5.69 Å². The maximum Gasteiger partial charge on any atom is 0.228 e. The van der Waals surface area contributed by atoms with E-state index >= 15 is 0 Å². The summed E-state index contributed by atoms with van der Waals surface area (Å²) in [6.45, 7) is 0.571. The van der Waals surface area contributed by atoms with Crippen molar-refractivity contribution in [2.24, 2.45) is 12.8 Å². The van der Waals surface area contributed by atoms with Crippen LogP contribution in [0.15, 0.2) is 30.6 Å². The van der Waals surface area contributed by atoms with E-state index in [0.717, 1.165) is 17.1 Å². The second kappa shape index (κ2) is 4.47. The first kappa shape index (κ1) is 11.9. The molecule has 1 amide bonds. The van der Waals surface area contributed by atoms with Crippen molar-refractivity contribution < 1.29 is 4.79 Å².